The van der Waals surface area contributed by atoms with Crippen LogP contribution >= 0.6 is 0 Å². The zero-order chi connectivity index (χ0) is 15.9. The minimum Gasteiger partial charge on any atom is -0.488 e. The molecule has 1 amide bonds. The lowest BCUT2D eigenvalue weighted by Gasteiger charge is -2.17. The van der Waals surface area contributed by atoms with Crippen LogP contribution in [-0.2, 0) is 6.61 Å². The van der Waals surface area contributed by atoms with Crippen LogP contribution in [0.4, 0.5) is 4.39 Å². The molecule has 1 N–H and O–H groups in total. The molecular formula is C17H19FN2O2. The highest BCUT2D eigenvalue weighted by atomic mass is 19.1. The lowest BCUT2D eigenvalue weighted by molar-refractivity contribution is 0.0830. The number of carbonyl (C=O) groups is 1. The third kappa shape index (κ3) is 4.30. The molecule has 0 aliphatic heterocycles. The number of hydrogen-bond donors (Lipinski definition) is 1. The van der Waals surface area contributed by atoms with Gasteiger partial charge in [0.05, 0.1) is 5.56 Å². The summed E-state index contributed by atoms with van der Waals surface area (Å²) in [5, 5.41) is 1.69. The molecule has 116 valence electrons. The van der Waals surface area contributed by atoms with Crippen LogP contribution in [-0.4, -0.2) is 24.5 Å². The van der Waals surface area contributed by atoms with E-state index in [2.05, 4.69) is 5.43 Å². The van der Waals surface area contributed by atoms with Crippen molar-refractivity contribution >= 4 is 5.91 Å². The smallest absolute Gasteiger partial charge is 0.269 e. The molecule has 2 aromatic carbocycles. The molecule has 0 heterocycles. The molecule has 22 heavy (non-hydrogen) atoms. The van der Waals surface area contributed by atoms with Crippen molar-refractivity contribution in [3.63, 3.8) is 0 Å². The van der Waals surface area contributed by atoms with Crippen LogP contribution in [0.3, 0.4) is 0 Å². The van der Waals surface area contributed by atoms with Gasteiger partial charge >= 0.3 is 0 Å². The Bertz CT molecular complexity index is 629. The van der Waals surface area contributed by atoms with Gasteiger partial charge in [0, 0.05) is 13.6 Å². The highest BCUT2D eigenvalue weighted by Gasteiger charge is 2.13. The summed E-state index contributed by atoms with van der Waals surface area (Å²) in [7, 11) is 1.79. The van der Waals surface area contributed by atoms with Gasteiger partial charge in [-0.2, -0.15) is 0 Å². The Morgan fingerprint density at radius 3 is 2.55 bits per heavy atom. The van der Waals surface area contributed by atoms with E-state index in [1.54, 1.807) is 48.5 Å². The molecule has 0 spiro atoms. The van der Waals surface area contributed by atoms with Crippen molar-refractivity contribution in [1.82, 2.24) is 10.4 Å². The number of hydrazine groups is 1. The van der Waals surface area contributed by atoms with Gasteiger partial charge in [-0.3, -0.25) is 10.2 Å². The van der Waals surface area contributed by atoms with Crippen LogP contribution < -0.4 is 10.2 Å². The van der Waals surface area contributed by atoms with Crippen LogP contribution in [0.25, 0.3) is 0 Å². The van der Waals surface area contributed by atoms with E-state index in [0.717, 1.165) is 5.56 Å². The first kappa shape index (κ1) is 16.0. The fourth-order valence-electron chi connectivity index (χ4n) is 1.83. The normalized spacial score (nSPS) is 10.5. The predicted octanol–water partition coefficient (Wildman–Crippen LogP) is 3.00. The first-order valence-corrected chi connectivity index (χ1v) is 7.08. The Balaban J connectivity index is 2.07. The number of ether oxygens (including phenoxy) is 1. The molecule has 0 aliphatic rings. The summed E-state index contributed by atoms with van der Waals surface area (Å²) in [6.45, 7) is 2.91. The van der Waals surface area contributed by atoms with Gasteiger partial charge in [-0.15, -0.1) is 0 Å². The lowest BCUT2D eigenvalue weighted by Crippen LogP contribution is -2.39. The van der Waals surface area contributed by atoms with Gasteiger partial charge in [-0.1, -0.05) is 31.2 Å². The van der Waals surface area contributed by atoms with Gasteiger partial charge in [0.25, 0.3) is 5.91 Å². The zero-order valence-corrected chi connectivity index (χ0v) is 12.7. The number of para-hydroxylation sites is 1. The number of nitrogens with zero attached hydrogens (tertiary/aromatic N) is 1. The predicted molar refractivity (Wildman–Crippen MR) is 82.9 cm³/mol. The third-order valence-electron chi connectivity index (χ3n) is 3.21. The van der Waals surface area contributed by atoms with Gasteiger partial charge in [-0.25, -0.2) is 9.40 Å². The van der Waals surface area contributed by atoms with E-state index in [-0.39, 0.29) is 18.3 Å². The largest absolute Gasteiger partial charge is 0.488 e. The average Bonchev–Trinajstić information content (AvgIpc) is 2.54. The number of hydrogen-bond acceptors (Lipinski definition) is 3. The molecule has 0 saturated carbocycles. The molecule has 0 fully saturated rings. The van der Waals surface area contributed by atoms with Crippen molar-refractivity contribution in [3.8, 4) is 5.75 Å². The van der Waals surface area contributed by atoms with Crippen molar-refractivity contribution in [2.75, 3.05) is 13.6 Å². The second kappa shape index (κ2) is 7.56. The summed E-state index contributed by atoms with van der Waals surface area (Å²) in [6.07, 6.45) is 0. The van der Waals surface area contributed by atoms with Gasteiger partial charge in [-0.05, 0) is 29.8 Å². The average molecular weight is 302 g/mol. The number of benzene rings is 2. The molecule has 2 rings (SSSR count). The maximum atomic E-state index is 12.9. The lowest BCUT2D eigenvalue weighted by atomic mass is 10.2. The van der Waals surface area contributed by atoms with E-state index in [1.807, 2.05) is 6.92 Å². The fourth-order valence-corrected chi connectivity index (χ4v) is 1.83. The zero-order valence-electron chi connectivity index (χ0n) is 12.7. The first-order chi connectivity index (χ1) is 10.6. The van der Waals surface area contributed by atoms with E-state index in [9.17, 15) is 9.18 Å². The van der Waals surface area contributed by atoms with E-state index in [1.165, 1.54) is 12.1 Å². The molecule has 5 heteroatoms. The van der Waals surface area contributed by atoms with E-state index in [4.69, 9.17) is 4.74 Å². The SMILES string of the molecule is CCN(C)NC(=O)c1ccccc1OCc1ccc(F)cc1. The Labute approximate surface area is 129 Å². The van der Waals surface area contributed by atoms with Crippen molar-refractivity contribution in [2.24, 2.45) is 0 Å². The maximum absolute atomic E-state index is 12.9. The van der Waals surface area contributed by atoms with Crippen molar-refractivity contribution in [1.29, 1.82) is 0 Å². The molecule has 2 aromatic rings. The molecule has 0 saturated heterocycles. The second-order valence-electron chi connectivity index (χ2n) is 4.87. The van der Waals surface area contributed by atoms with Crippen LogP contribution in [0.1, 0.15) is 22.8 Å². The van der Waals surface area contributed by atoms with Gasteiger partial charge in [0.2, 0.25) is 0 Å². The van der Waals surface area contributed by atoms with Crippen LogP contribution in [0.5, 0.6) is 5.75 Å². The monoisotopic (exact) mass is 302 g/mol. The van der Waals surface area contributed by atoms with Crippen molar-refractivity contribution < 1.29 is 13.9 Å². The quantitative estimate of drug-likeness (QED) is 0.834. The summed E-state index contributed by atoms with van der Waals surface area (Å²) in [5.74, 6) is -0.0148. The highest BCUT2D eigenvalue weighted by Crippen LogP contribution is 2.19. The number of carbonyl (C=O) groups excluding carboxylic acids is 1. The molecule has 4 nitrogen and oxygen atoms in total. The maximum Gasteiger partial charge on any atom is 0.269 e. The summed E-state index contributed by atoms with van der Waals surface area (Å²) in [4.78, 5) is 12.2. The summed E-state index contributed by atoms with van der Waals surface area (Å²) >= 11 is 0. The number of rotatable bonds is 6. The van der Waals surface area contributed by atoms with Crippen molar-refractivity contribution in [3.05, 3.63) is 65.5 Å². The number of nitrogens with one attached hydrogen (secondary N) is 1. The third-order valence-corrected chi connectivity index (χ3v) is 3.21. The van der Waals surface area contributed by atoms with Crippen LogP contribution in [0.2, 0.25) is 0 Å². The standard InChI is InChI=1S/C17H19FN2O2/c1-3-20(2)19-17(21)15-6-4-5-7-16(15)22-12-13-8-10-14(18)11-9-13/h4-11H,3,12H2,1-2H3,(H,19,21). The molecular weight excluding hydrogens is 283 g/mol. The minimum absolute atomic E-state index is 0.223. The minimum atomic E-state index is -0.286. The van der Waals surface area contributed by atoms with Gasteiger partial charge in [0.1, 0.15) is 18.2 Å². The molecule has 0 aliphatic carbocycles. The molecule has 0 aromatic heterocycles. The first-order valence-electron chi connectivity index (χ1n) is 7.08. The highest BCUT2D eigenvalue weighted by molar-refractivity contribution is 5.96. The Hall–Kier alpha value is -2.40. The molecule has 0 radical (unpaired) electrons. The van der Waals surface area contributed by atoms with Crippen LogP contribution in [0, 0.1) is 5.82 Å². The Morgan fingerprint density at radius 2 is 1.86 bits per heavy atom. The number of amides is 1. The summed E-state index contributed by atoms with van der Waals surface area (Å²) in [6, 6.07) is 13.1. The summed E-state index contributed by atoms with van der Waals surface area (Å²) in [5.41, 5.74) is 4.06. The van der Waals surface area contributed by atoms with E-state index >= 15 is 0 Å². The Morgan fingerprint density at radius 1 is 1.18 bits per heavy atom. The molecule has 0 atom stereocenters. The molecule has 0 bridgehead atoms. The van der Waals surface area contributed by atoms with Crippen molar-refractivity contribution in [2.45, 2.75) is 13.5 Å². The summed E-state index contributed by atoms with van der Waals surface area (Å²) < 4.78 is 18.6. The topological polar surface area (TPSA) is 41.6 Å². The second-order valence-corrected chi connectivity index (χ2v) is 4.87. The number of halogens is 1. The fraction of sp³-hybridized carbons (Fsp3) is 0.235. The van der Waals surface area contributed by atoms with Gasteiger partial charge < -0.3 is 4.74 Å². The van der Waals surface area contributed by atoms with E-state index < -0.39 is 0 Å². The molecule has 0 unspecified atom stereocenters. The van der Waals surface area contributed by atoms with Gasteiger partial charge in [0.15, 0.2) is 0 Å². The van der Waals surface area contributed by atoms with E-state index in [0.29, 0.717) is 17.9 Å². The Kier molecular flexibility index (Phi) is 5.49. The van der Waals surface area contributed by atoms with Crippen LogP contribution in [0.15, 0.2) is 48.5 Å².